The van der Waals surface area contributed by atoms with Gasteiger partial charge in [-0.1, -0.05) is 81.1 Å². The highest BCUT2D eigenvalue weighted by atomic mass is 16.6. The van der Waals surface area contributed by atoms with Gasteiger partial charge in [-0.25, -0.2) is 0 Å². The molecular weight excluding hydrogens is 664 g/mol. The van der Waals surface area contributed by atoms with Gasteiger partial charge in [-0.05, 0) is 64.2 Å². The van der Waals surface area contributed by atoms with E-state index in [2.05, 4.69) is 55.4 Å². The topological polar surface area (TPSA) is 92.3 Å². The van der Waals surface area contributed by atoms with E-state index in [-0.39, 0.29) is 0 Å². The molecule has 0 aromatic carbocycles. The van der Waals surface area contributed by atoms with Crippen LogP contribution >= 0.6 is 0 Å². The molecule has 0 saturated carbocycles. The third kappa shape index (κ3) is 74.7. The molecule has 0 aliphatic carbocycles. The first-order valence-electron chi connectivity index (χ1n) is 21.4. The summed E-state index contributed by atoms with van der Waals surface area (Å²) in [7, 11) is 0. The Hall–Kier alpha value is -0.400. The standard InChI is InChI=1S/C12H26O3.C12H26O2.C10H22O3.C8H18O2/c1-3-5-7-13-9-11-15-12-10-14-8-6-4-2;1-3-5-9-13-11-7-8-12-14-10-6-4-2;1-3-5-11-7-9-13-10-8-12-6-4-2;1-3-5-9-7-8-10-6-4-2/h3-12H2,1-2H3;3-12H2,1-2H3;3-10H2,1-2H3;3-8H2,1-2H3. The SMILES string of the molecule is CCCCOCCCCOCCCC.CCCCOCCOCCOCCCC.CCCOCCOCCC.CCCOCCOCCOCCC. The molecule has 0 spiro atoms. The molecule has 0 heterocycles. The minimum Gasteiger partial charge on any atom is -0.381 e. The second-order valence-electron chi connectivity index (χ2n) is 12.2. The lowest BCUT2D eigenvalue weighted by atomic mass is 10.3. The van der Waals surface area contributed by atoms with Crippen LogP contribution < -0.4 is 0 Å². The average Bonchev–Trinajstić information content (AvgIpc) is 3.16. The first-order chi connectivity index (χ1) is 25.7. The molecule has 52 heavy (non-hydrogen) atoms. The summed E-state index contributed by atoms with van der Waals surface area (Å²) >= 11 is 0. The molecule has 0 saturated heterocycles. The van der Waals surface area contributed by atoms with Crippen LogP contribution in [0.3, 0.4) is 0 Å². The number of unbranched alkanes of at least 4 members (excludes halogenated alkanes) is 5. The number of ether oxygens (including phenoxy) is 10. The zero-order valence-electron chi connectivity index (χ0n) is 36.1. The maximum atomic E-state index is 5.45. The third-order valence-corrected chi connectivity index (χ3v) is 6.65. The van der Waals surface area contributed by atoms with Gasteiger partial charge in [-0.15, -0.1) is 0 Å². The van der Waals surface area contributed by atoms with Crippen molar-refractivity contribution >= 4 is 0 Å². The van der Waals surface area contributed by atoms with Gasteiger partial charge in [-0.3, -0.25) is 0 Å². The van der Waals surface area contributed by atoms with Crippen LogP contribution in [0, 0.1) is 0 Å². The smallest absolute Gasteiger partial charge is 0.0701 e. The molecule has 0 unspecified atom stereocenters. The van der Waals surface area contributed by atoms with E-state index in [1.807, 2.05) is 0 Å². The predicted octanol–water partition coefficient (Wildman–Crippen LogP) is 9.73. The van der Waals surface area contributed by atoms with Gasteiger partial charge in [0.1, 0.15) is 0 Å². The van der Waals surface area contributed by atoms with Crippen LogP contribution in [0.4, 0.5) is 0 Å². The summed E-state index contributed by atoms with van der Waals surface area (Å²) in [4.78, 5) is 0. The van der Waals surface area contributed by atoms with Crippen molar-refractivity contribution in [2.45, 2.75) is 145 Å². The van der Waals surface area contributed by atoms with Crippen LogP contribution in [0.25, 0.3) is 0 Å². The Morgan fingerprint density at radius 1 is 0.154 bits per heavy atom. The van der Waals surface area contributed by atoms with Crippen LogP contribution in [0.15, 0.2) is 0 Å². The summed E-state index contributed by atoms with van der Waals surface area (Å²) in [6, 6.07) is 0. The summed E-state index contributed by atoms with van der Waals surface area (Å²) in [5, 5.41) is 0. The Bertz CT molecular complexity index is 475. The second kappa shape index (κ2) is 65.5. The fourth-order valence-corrected chi connectivity index (χ4v) is 3.58. The van der Waals surface area contributed by atoms with E-state index in [4.69, 9.17) is 47.4 Å². The van der Waals surface area contributed by atoms with Gasteiger partial charge in [0, 0.05) is 66.1 Å². The van der Waals surface area contributed by atoms with Gasteiger partial charge in [0.05, 0.1) is 66.1 Å². The minimum atomic E-state index is 0.676. The second-order valence-corrected chi connectivity index (χ2v) is 12.2. The molecule has 0 aliphatic rings. The van der Waals surface area contributed by atoms with Crippen molar-refractivity contribution < 1.29 is 47.4 Å². The van der Waals surface area contributed by atoms with Gasteiger partial charge >= 0.3 is 0 Å². The molecule has 0 aromatic heterocycles. The van der Waals surface area contributed by atoms with Crippen molar-refractivity contribution in [3.05, 3.63) is 0 Å². The molecule has 320 valence electrons. The van der Waals surface area contributed by atoms with Crippen LogP contribution in [-0.4, -0.2) is 132 Å². The molecule has 0 amide bonds. The quantitative estimate of drug-likeness (QED) is 0.0563. The maximum Gasteiger partial charge on any atom is 0.0701 e. The van der Waals surface area contributed by atoms with Crippen molar-refractivity contribution in [3.63, 3.8) is 0 Å². The molecule has 10 heteroatoms. The molecule has 10 nitrogen and oxygen atoms in total. The molecular formula is C42H92O10. The Morgan fingerprint density at radius 3 is 0.500 bits per heavy atom. The van der Waals surface area contributed by atoms with Crippen LogP contribution in [0.2, 0.25) is 0 Å². The molecule has 0 atom stereocenters. The fraction of sp³-hybridized carbons (Fsp3) is 1.00. The van der Waals surface area contributed by atoms with E-state index in [1.165, 1.54) is 38.5 Å². The normalized spacial score (nSPS) is 10.6. The van der Waals surface area contributed by atoms with Crippen molar-refractivity contribution in [1.82, 2.24) is 0 Å². The van der Waals surface area contributed by atoms with Crippen molar-refractivity contribution in [1.29, 1.82) is 0 Å². The number of hydrogen-bond acceptors (Lipinski definition) is 10. The summed E-state index contributed by atoms with van der Waals surface area (Å²) in [6.07, 6.45) is 16.1. The predicted molar refractivity (Wildman–Crippen MR) is 218 cm³/mol. The van der Waals surface area contributed by atoms with Gasteiger partial charge in [0.25, 0.3) is 0 Å². The van der Waals surface area contributed by atoms with E-state index in [9.17, 15) is 0 Å². The lowest BCUT2D eigenvalue weighted by Gasteiger charge is -2.06. The molecule has 0 aliphatic heterocycles. The van der Waals surface area contributed by atoms with E-state index in [1.54, 1.807) is 0 Å². The number of rotatable bonds is 40. The average molecular weight is 757 g/mol. The lowest BCUT2D eigenvalue weighted by Crippen LogP contribution is -2.10. The summed E-state index contributed by atoms with van der Waals surface area (Å²) in [5.74, 6) is 0. The zero-order chi connectivity index (χ0) is 39.1. The van der Waals surface area contributed by atoms with Gasteiger partial charge in [-0.2, -0.15) is 0 Å². The van der Waals surface area contributed by atoms with Crippen molar-refractivity contribution in [2.24, 2.45) is 0 Å². The Balaban J connectivity index is -0.000000298. The summed E-state index contributed by atoms with van der Waals surface area (Å²) in [5.41, 5.74) is 0. The zero-order valence-corrected chi connectivity index (χ0v) is 36.1. The maximum absolute atomic E-state index is 5.45. The van der Waals surface area contributed by atoms with Gasteiger partial charge < -0.3 is 47.4 Å². The molecule has 0 N–H and O–H groups in total. The molecule has 0 aromatic rings. The first-order valence-corrected chi connectivity index (χ1v) is 21.4. The van der Waals surface area contributed by atoms with E-state index < -0.39 is 0 Å². The van der Waals surface area contributed by atoms with E-state index >= 15 is 0 Å². The highest BCUT2D eigenvalue weighted by Gasteiger charge is 1.93. The first kappa shape index (κ1) is 58.3. The Kier molecular flexibility index (Phi) is 73.4. The molecule has 0 radical (unpaired) electrons. The lowest BCUT2D eigenvalue weighted by molar-refractivity contribution is 0.0136. The molecule has 0 rings (SSSR count). The monoisotopic (exact) mass is 757 g/mol. The van der Waals surface area contributed by atoms with E-state index in [0.717, 1.165) is 131 Å². The highest BCUT2D eigenvalue weighted by molar-refractivity contribution is 4.41. The largest absolute Gasteiger partial charge is 0.381 e. The summed E-state index contributed by atoms with van der Waals surface area (Å²) < 4.78 is 53.1. The minimum absolute atomic E-state index is 0.676. The Labute approximate surface area is 324 Å². The van der Waals surface area contributed by atoms with Crippen molar-refractivity contribution in [3.8, 4) is 0 Å². The van der Waals surface area contributed by atoms with Crippen LogP contribution in [0.1, 0.15) is 145 Å². The van der Waals surface area contributed by atoms with Crippen LogP contribution in [-0.2, 0) is 47.4 Å². The van der Waals surface area contributed by atoms with Crippen molar-refractivity contribution in [2.75, 3.05) is 132 Å². The van der Waals surface area contributed by atoms with Gasteiger partial charge in [0.15, 0.2) is 0 Å². The molecule has 0 fully saturated rings. The van der Waals surface area contributed by atoms with E-state index in [0.29, 0.717) is 52.9 Å². The summed E-state index contributed by atoms with van der Waals surface area (Å²) in [6.45, 7) is 32.8. The van der Waals surface area contributed by atoms with Gasteiger partial charge in [0.2, 0.25) is 0 Å². The van der Waals surface area contributed by atoms with Crippen LogP contribution in [0.5, 0.6) is 0 Å². The third-order valence-electron chi connectivity index (χ3n) is 6.65. The number of hydrogen-bond donors (Lipinski definition) is 0. The molecule has 0 bridgehead atoms. The Morgan fingerprint density at radius 2 is 0.308 bits per heavy atom. The highest BCUT2D eigenvalue weighted by Crippen LogP contribution is 1.96. The fourth-order valence-electron chi connectivity index (χ4n) is 3.58.